The van der Waals surface area contributed by atoms with E-state index in [1.165, 1.54) is 36.4 Å². The van der Waals surface area contributed by atoms with E-state index in [-0.39, 0.29) is 33.8 Å². The van der Waals surface area contributed by atoms with Crippen LogP contribution in [0.25, 0.3) is 0 Å². The molecule has 2 aromatic carbocycles. The summed E-state index contributed by atoms with van der Waals surface area (Å²) in [4.78, 5) is 57.2. The third-order valence-corrected chi connectivity index (χ3v) is 3.67. The molecule has 2 aliphatic rings. The number of imide groups is 2. The van der Waals surface area contributed by atoms with Crippen molar-refractivity contribution in [1.82, 2.24) is 10.6 Å². The molecule has 0 bridgehead atoms. The van der Waals surface area contributed by atoms with E-state index in [2.05, 4.69) is 10.6 Å². The average Bonchev–Trinajstić information content (AvgIpc) is 3.03. The van der Waals surface area contributed by atoms with Gasteiger partial charge in [-0.25, -0.2) is 0 Å². The van der Waals surface area contributed by atoms with Crippen LogP contribution >= 0.6 is 0 Å². The molecule has 0 aromatic heterocycles. The fourth-order valence-corrected chi connectivity index (χ4v) is 2.60. The maximum atomic E-state index is 11.8. The van der Waals surface area contributed by atoms with Crippen molar-refractivity contribution in [2.75, 3.05) is 0 Å². The highest BCUT2D eigenvalue weighted by atomic mass is 17.2. The number of benzene rings is 2. The van der Waals surface area contributed by atoms with Crippen LogP contribution < -0.4 is 20.4 Å². The molecule has 0 aliphatic carbocycles. The Balaban J connectivity index is 1.67. The zero-order chi connectivity index (χ0) is 16.8. The van der Waals surface area contributed by atoms with E-state index >= 15 is 0 Å². The minimum absolute atomic E-state index is 0.0261. The van der Waals surface area contributed by atoms with Crippen LogP contribution in [0.1, 0.15) is 41.4 Å². The summed E-state index contributed by atoms with van der Waals surface area (Å²) in [5.41, 5.74) is 0.450. The molecule has 4 rings (SSSR count). The lowest BCUT2D eigenvalue weighted by molar-refractivity contribution is -0.101. The Morgan fingerprint density at radius 2 is 1.00 bits per heavy atom. The summed E-state index contributed by atoms with van der Waals surface area (Å²) in [5, 5.41) is 4.31. The second kappa shape index (κ2) is 4.92. The quantitative estimate of drug-likeness (QED) is 0.491. The average molecular weight is 324 g/mol. The molecule has 8 heteroatoms. The largest absolute Gasteiger partial charge is 0.289 e. The van der Waals surface area contributed by atoms with Gasteiger partial charge in [-0.15, -0.1) is 0 Å². The number of rotatable bonds is 3. The molecule has 2 heterocycles. The molecule has 0 unspecified atom stereocenters. The fourth-order valence-electron chi connectivity index (χ4n) is 2.60. The Bertz CT molecular complexity index is 872. The minimum atomic E-state index is -0.597. The van der Waals surface area contributed by atoms with Crippen molar-refractivity contribution in [2.45, 2.75) is 0 Å². The lowest BCUT2D eigenvalue weighted by atomic mass is 10.1. The molecule has 0 saturated carbocycles. The molecule has 0 atom stereocenters. The summed E-state index contributed by atoms with van der Waals surface area (Å²) < 4.78 is 0. The number of carbonyl (C=O) groups is 4. The SMILES string of the molecule is O=C1NC(=O)c2c(OOc3cccc4c3C(=O)NC4=O)cccc21. The molecule has 0 radical (unpaired) electrons. The number of carbonyl (C=O) groups excluding carboxylic acids is 4. The van der Waals surface area contributed by atoms with Crippen molar-refractivity contribution < 1.29 is 29.0 Å². The Morgan fingerprint density at radius 1 is 0.583 bits per heavy atom. The highest BCUT2D eigenvalue weighted by Gasteiger charge is 2.33. The van der Waals surface area contributed by atoms with Gasteiger partial charge in [0.05, 0.1) is 22.3 Å². The first kappa shape index (κ1) is 13.9. The molecular weight excluding hydrogens is 316 g/mol. The number of hydrogen-bond donors (Lipinski definition) is 2. The predicted molar refractivity (Wildman–Crippen MR) is 77.7 cm³/mol. The van der Waals surface area contributed by atoms with Crippen LogP contribution in [0.15, 0.2) is 36.4 Å². The monoisotopic (exact) mass is 324 g/mol. The van der Waals surface area contributed by atoms with Crippen molar-refractivity contribution in [2.24, 2.45) is 0 Å². The molecule has 4 amide bonds. The van der Waals surface area contributed by atoms with Crippen LogP contribution in [0.2, 0.25) is 0 Å². The maximum absolute atomic E-state index is 11.8. The van der Waals surface area contributed by atoms with Crippen molar-refractivity contribution in [3.05, 3.63) is 58.7 Å². The van der Waals surface area contributed by atoms with Crippen LogP contribution in [0.5, 0.6) is 11.5 Å². The normalized spacial score (nSPS) is 14.8. The van der Waals surface area contributed by atoms with Gasteiger partial charge in [0, 0.05) is 0 Å². The number of hydrogen-bond acceptors (Lipinski definition) is 6. The molecular formula is C16H8N2O6. The Morgan fingerprint density at radius 3 is 1.42 bits per heavy atom. The van der Waals surface area contributed by atoms with Gasteiger partial charge >= 0.3 is 0 Å². The van der Waals surface area contributed by atoms with Gasteiger partial charge in [-0.2, -0.15) is 0 Å². The van der Waals surface area contributed by atoms with Gasteiger partial charge < -0.3 is 0 Å². The second-order valence-corrected chi connectivity index (χ2v) is 5.09. The van der Waals surface area contributed by atoms with E-state index in [1.54, 1.807) is 0 Å². The summed E-state index contributed by atoms with van der Waals surface area (Å²) in [7, 11) is 0. The molecule has 0 fully saturated rings. The van der Waals surface area contributed by atoms with Gasteiger partial charge in [-0.3, -0.25) is 39.6 Å². The first-order chi connectivity index (χ1) is 11.6. The topological polar surface area (TPSA) is 111 Å². The van der Waals surface area contributed by atoms with Gasteiger partial charge in [-0.1, -0.05) is 12.1 Å². The van der Waals surface area contributed by atoms with Gasteiger partial charge in [0.25, 0.3) is 23.6 Å². The summed E-state index contributed by atoms with van der Waals surface area (Å²) in [6.45, 7) is 0. The number of nitrogens with one attached hydrogen (secondary N) is 2. The van der Waals surface area contributed by atoms with Gasteiger partial charge in [0.15, 0.2) is 11.5 Å². The maximum Gasteiger partial charge on any atom is 0.262 e. The summed E-state index contributed by atoms with van der Waals surface area (Å²) in [6.07, 6.45) is 0. The van der Waals surface area contributed by atoms with Gasteiger partial charge in [0.2, 0.25) is 0 Å². The van der Waals surface area contributed by atoms with E-state index in [0.717, 1.165) is 0 Å². The zero-order valence-electron chi connectivity index (χ0n) is 11.9. The van der Waals surface area contributed by atoms with E-state index in [4.69, 9.17) is 9.78 Å². The lowest BCUT2D eigenvalue weighted by Crippen LogP contribution is -2.20. The molecule has 8 nitrogen and oxygen atoms in total. The third-order valence-electron chi connectivity index (χ3n) is 3.67. The standard InChI is InChI=1S/C16H8N2O6/c19-13-7-3-1-5-9(11(7)15(21)17-13)23-24-10-6-2-4-8-12(10)16(22)18-14(8)20/h1-6H,(H,17,19,21)(H,18,20,22). The highest BCUT2D eigenvalue weighted by molar-refractivity contribution is 6.23. The molecule has 2 aromatic rings. The number of amides is 4. The molecule has 0 spiro atoms. The van der Waals surface area contributed by atoms with Gasteiger partial charge in [0.1, 0.15) is 0 Å². The lowest BCUT2D eigenvalue weighted by Gasteiger charge is -2.09. The second-order valence-electron chi connectivity index (χ2n) is 5.09. The van der Waals surface area contributed by atoms with Crippen LogP contribution in [0, 0.1) is 0 Å². The first-order valence-electron chi connectivity index (χ1n) is 6.88. The molecule has 118 valence electrons. The molecule has 2 aliphatic heterocycles. The minimum Gasteiger partial charge on any atom is -0.289 e. The van der Waals surface area contributed by atoms with Crippen molar-refractivity contribution in [3.8, 4) is 11.5 Å². The van der Waals surface area contributed by atoms with E-state index in [1.807, 2.05) is 0 Å². The van der Waals surface area contributed by atoms with E-state index in [9.17, 15) is 19.2 Å². The number of fused-ring (bicyclic) bond motifs is 2. The van der Waals surface area contributed by atoms with Crippen LogP contribution in [0.3, 0.4) is 0 Å². The Labute approximate surface area is 134 Å². The fraction of sp³-hybridized carbons (Fsp3) is 0. The first-order valence-corrected chi connectivity index (χ1v) is 6.88. The molecule has 24 heavy (non-hydrogen) atoms. The third kappa shape index (κ3) is 1.93. The van der Waals surface area contributed by atoms with Crippen molar-refractivity contribution >= 4 is 23.6 Å². The smallest absolute Gasteiger partial charge is 0.262 e. The van der Waals surface area contributed by atoms with Crippen molar-refractivity contribution in [3.63, 3.8) is 0 Å². The van der Waals surface area contributed by atoms with E-state index < -0.39 is 23.6 Å². The highest BCUT2D eigenvalue weighted by Crippen LogP contribution is 2.30. The zero-order valence-corrected chi connectivity index (χ0v) is 11.9. The summed E-state index contributed by atoms with van der Waals surface area (Å²) >= 11 is 0. The van der Waals surface area contributed by atoms with Crippen molar-refractivity contribution in [1.29, 1.82) is 0 Å². The summed E-state index contributed by atoms with van der Waals surface area (Å²) in [5.74, 6) is -2.19. The van der Waals surface area contributed by atoms with E-state index in [0.29, 0.717) is 0 Å². The van der Waals surface area contributed by atoms with Crippen LogP contribution in [-0.4, -0.2) is 23.6 Å². The molecule has 0 saturated heterocycles. The van der Waals surface area contributed by atoms with Gasteiger partial charge in [-0.05, 0) is 24.3 Å². The Kier molecular flexibility index (Phi) is 2.86. The summed E-state index contributed by atoms with van der Waals surface area (Å²) in [6, 6.07) is 8.92. The van der Waals surface area contributed by atoms with Crippen LogP contribution in [-0.2, 0) is 0 Å². The van der Waals surface area contributed by atoms with Crippen LogP contribution in [0.4, 0.5) is 0 Å². The Hall–Kier alpha value is -3.68. The molecule has 2 N–H and O–H groups in total. The predicted octanol–water partition coefficient (Wildman–Crippen LogP) is 0.827.